The van der Waals surface area contributed by atoms with Gasteiger partial charge in [-0.3, -0.25) is 9.69 Å². The van der Waals surface area contributed by atoms with Gasteiger partial charge in [0.05, 0.1) is 13.7 Å². The van der Waals surface area contributed by atoms with E-state index in [0.29, 0.717) is 32.0 Å². The van der Waals surface area contributed by atoms with Gasteiger partial charge in [-0.05, 0) is 49.8 Å². The van der Waals surface area contributed by atoms with Crippen molar-refractivity contribution >= 4 is 11.9 Å². The van der Waals surface area contributed by atoms with Crippen molar-refractivity contribution in [2.24, 2.45) is 0 Å². The van der Waals surface area contributed by atoms with E-state index in [4.69, 9.17) is 14.2 Å². The molecule has 3 aliphatic heterocycles. The number of carbonyl (C=O) groups is 2. The highest BCUT2D eigenvalue weighted by Crippen LogP contribution is 2.39. The highest BCUT2D eigenvalue weighted by atomic mass is 16.5. The van der Waals surface area contributed by atoms with Crippen LogP contribution >= 0.6 is 0 Å². The van der Waals surface area contributed by atoms with Crippen molar-refractivity contribution in [1.82, 2.24) is 14.7 Å². The fourth-order valence-corrected chi connectivity index (χ4v) is 5.31. The van der Waals surface area contributed by atoms with Crippen molar-refractivity contribution in [1.29, 1.82) is 0 Å². The lowest BCUT2D eigenvalue weighted by Gasteiger charge is -2.45. The van der Waals surface area contributed by atoms with E-state index in [1.807, 2.05) is 29.2 Å². The van der Waals surface area contributed by atoms with E-state index in [9.17, 15) is 9.59 Å². The summed E-state index contributed by atoms with van der Waals surface area (Å²) in [5.74, 6) is 0.702. The summed E-state index contributed by atoms with van der Waals surface area (Å²) in [4.78, 5) is 32.9. The molecule has 8 heteroatoms. The molecule has 1 aromatic carbocycles. The molecule has 0 radical (unpaired) electrons. The maximum atomic E-state index is 13.7. The maximum Gasteiger partial charge on any atom is 0.327 e. The minimum absolute atomic E-state index is 0.0534. The monoisotopic (exact) mass is 445 g/mol. The summed E-state index contributed by atoms with van der Waals surface area (Å²) in [5.41, 5.74) is 0.180. The first-order chi connectivity index (χ1) is 15.6. The number of ether oxygens (including phenoxy) is 3. The topological polar surface area (TPSA) is 71.6 Å². The number of urea groups is 1. The van der Waals surface area contributed by atoms with Crippen LogP contribution in [0.15, 0.2) is 24.3 Å². The SMILES string of the molecule is COCCCN1C(=O)N(Cc2ccc(OC)cc2)C(=O)C12CCN(C1CCOCC1)CC2. The third-order valence-corrected chi connectivity index (χ3v) is 7.18. The lowest BCUT2D eigenvalue weighted by atomic mass is 9.84. The van der Waals surface area contributed by atoms with Gasteiger partial charge in [-0.2, -0.15) is 0 Å². The van der Waals surface area contributed by atoms with Crippen molar-refractivity contribution in [3.63, 3.8) is 0 Å². The molecule has 0 aromatic heterocycles. The van der Waals surface area contributed by atoms with Gasteiger partial charge in [0.25, 0.3) is 5.91 Å². The van der Waals surface area contributed by atoms with Gasteiger partial charge in [0.2, 0.25) is 0 Å². The first-order valence-electron chi connectivity index (χ1n) is 11.7. The molecule has 8 nitrogen and oxygen atoms in total. The Bertz CT molecular complexity index is 785. The van der Waals surface area contributed by atoms with Crippen LogP contribution in [0.25, 0.3) is 0 Å². The molecule has 0 aliphatic carbocycles. The molecule has 32 heavy (non-hydrogen) atoms. The van der Waals surface area contributed by atoms with Gasteiger partial charge in [-0.25, -0.2) is 4.79 Å². The number of methoxy groups -OCH3 is 2. The lowest BCUT2D eigenvalue weighted by Crippen LogP contribution is -2.58. The number of likely N-dealkylation sites (tertiary alicyclic amines) is 1. The Labute approximate surface area is 190 Å². The van der Waals surface area contributed by atoms with Crippen molar-refractivity contribution in [3.8, 4) is 5.75 Å². The first kappa shape index (κ1) is 23.0. The van der Waals surface area contributed by atoms with Gasteiger partial charge in [0.1, 0.15) is 11.3 Å². The molecule has 0 unspecified atom stereocenters. The average molecular weight is 446 g/mol. The molecule has 1 aromatic rings. The largest absolute Gasteiger partial charge is 0.497 e. The van der Waals surface area contributed by atoms with Crippen LogP contribution in [0.2, 0.25) is 0 Å². The molecule has 4 rings (SSSR count). The van der Waals surface area contributed by atoms with Crippen molar-refractivity contribution < 1.29 is 23.8 Å². The second-order valence-corrected chi connectivity index (χ2v) is 8.93. The standard InChI is InChI=1S/C24H35N3O5/c1-30-15-3-12-27-23(29)26(18-19-4-6-21(31-2)7-5-19)22(28)24(27)10-13-25(14-11-24)20-8-16-32-17-9-20/h4-7,20H,3,8-18H2,1-2H3. The second kappa shape index (κ2) is 10.2. The number of rotatable bonds is 8. The number of nitrogens with zero attached hydrogens (tertiary/aromatic N) is 3. The van der Waals surface area contributed by atoms with E-state index in [0.717, 1.165) is 56.9 Å². The first-order valence-corrected chi connectivity index (χ1v) is 11.7. The van der Waals surface area contributed by atoms with Gasteiger partial charge in [0.15, 0.2) is 0 Å². The Morgan fingerprint density at radius 1 is 1.06 bits per heavy atom. The Kier molecular flexibility index (Phi) is 7.33. The molecule has 0 bridgehead atoms. The van der Waals surface area contributed by atoms with Crippen LogP contribution in [-0.2, 0) is 20.8 Å². The summed E-state index contributed by atoms with van der Waals surface area (Å²) in [7, 11) is 3.28. The third kappa shape index (κ3) is 4.49. The van der Waals surface area contributed by atoms with Crippen molar-refractivity contribution in [2.75, 3.05) is 53.7 Å². The molecule has 1 spiro atoms. The molecule has 0 atom stereocenters. The van der Waals surface area contributed by atoms with Gasteiger partial charge in [-0.1, -0.05) is 12.1 Å². The zero-order chi connectivity index (χ0) is 22.6. The second-order valence-electron chi connectivity index (χ2n) is 8.93. The van der Waals surface area contributed by atoms with Crippen LogP contribution < -0.4 is 4.74 Å². The van der Waals surface area contributed by atoms with E-state index >= 15 is 0 Å². The maximum absolute atomic E-state index is 13.7. The molecular formula is C24H35N3O5. The van der Waals surface area contributed by atoms with Crippen LogP contribution in [-0.4, -0.2) is 91.9 Å². The number of benzene rings is 1. The zero-order valence-corrected chi connectivity index (χ0v) is 19.3. The summed E-state index contributed by atoms with van der Waals surface area (Å²) in [6, 6.07) is 7.88. The summed E-state index contributed by atoms with van der Waals surface area (Å²) in [5, 5.41) is 0. The number of hydrogen-bond donors (Lipinski definition) is 0. The summed E-state index contributed by atoms with van der Waals surface area (Å²) < 4.78 is 15.9. The summed E-state index contributed by atoms with van der Waals surface area (Å²) >= 11 is 0. The highest BCUT2D eigenvalue weighted by molar-refractivity contribution is 6.07. The fourth-order valence-electron chi connectivity index (χ4n) is 5.31. The van der Waals surface area contributed by atoms with Gasteiger partial charge < -0.3 is 24.0 Å². The number of hydrogen-bond acceptors (Lipinski definition) is 6. The van der Waals surface area contributed by atoms with Crippen molar-refractivity contribution in [2.45, 2.75) is 50.2 Å². The van der Waals surface area contributed by atoms with Crippen molar-refractivity contribution in [3.05, 3.63) is 29.8 Å². The molecule has 3 aliphatic rings. The molecule has 3 saturated heterocycles. The van der Waals surface area contributed by atoms with E-state index in [1.54, 1.807) is 14.2 Å². The van der Waals surface area contributed by atoms with Crippen LogP contribution in [0.3, 0.4) is 0 Å². The van der Waals surface area contributed by atoms with Crippen LogP contribution in [0.4, 0.5) is 4.79 Å². The van der Waals surface area contributed by atoms with Crippen LogP contribution in [0.5, 0.6) is 5.75 Å². The number of piperidine rings is 1. The van der Waals surface area contributed by atoms with E-state index < -0.39 is 5.54 Å². The number of carbonyl (C=O) groups excluding carboxylic acids is 2. The summed E-state index contributed by atoms with van der Waals surface area (Å²) in [6.07, 6.45) is 4.17. The minimum Gasteiger partial charge on any atom is -0.497 e. The van der Waals surface area contributed by atoms with Crippen LogP contribution in [0, 0.1) is 0 Å². The molecule has 0 N–H and O–H groups in total. The zero-order valence-electron chi connectivity index (χ0n) is 19.3. The lowest BCUT2D eigenvalue weighted by molar-refractivity contribution is -0.136. The summed E-state index contributed by atoms with van der Waals surface area (Å²) in [6.45, 7) is 4.68. The minimum atomic E-state index is -0.737. The quantitative estimate of drug-likeness (QED) is 0.452. The van der Waals surface area contributed by atoms with E-state index in [2.05, 4.69) is 4.90 Å². The predicted molar refractivity (Wildman–Crippen MR) is 120 cm³/mol. The molecular weight excluding hydrogens is 410 g/mol. The number of amides is 3. The fraction of sp³-hybridized carbons (Fsp3) is 0.667. The molecule has 3 fully saturated rings. The Hall–Kier alpha value is -2.16. The van der Waals surface area contributed by atoms with Gasteiger partial charge in [0, 0.05) is 52.6 Å². The Morgan fingerprint density at radius 2 is 1.75 bits per heavy atom. The number of imide groups is 1. The normalized spacial score (nSPS) is 22.2. The molecule has 3 heterocycles. The van der Waals surface area contributed by atoms with E-state index in [-0.39, 0.29) is 18.5 Å². The molecule has 176 valence electrons. The third-order valence-electron chi connectivity index (χ3n) is 7.18. The Balaban J connectivity index is 1.50. The van der Waals surface area contributed by atoms with Gasteiger partial charge in [-0.15, -0.1) is 0 Å². The molecule has 0 saturated carbocycles. The van der Waals surface area contributed by atoms with Crippen LogP contribution in [0.1, 0.15) is 37.7 Å². The smallest absolute Gasteiger partial charge is 0.327 e. The predicted octanol–water partition coefficient (Wildman–Crippen LogP) is 2.51. The van der Waals surface area contributed by atoms with Gasteiger partial charge >= 0.3 is 6.03 Å². The van der Waals surface area contributed by atoms with E-state index in [1.165, 1.54) is 4.90 Å². The average Bonchev–Trinajstić information content (AvgIpc) is 3.02. The Morgan fingerprint density at radius 3 is 2.38 bits per heavy atom. The molecule has 3 amide bonds. The highest BCUT2D eigenvalue weighted by Gasteiger charge is 2.57.